The minimum atomic E-state index is 0.730. The molecule has 0 radical (unpaired) electrons. The summed E-state index contributed by atoms with van der Waals surface area (Å²) in [5, 5.41) is 0. The molecule has 0 aromatic carbocycles. The molecule has 0 fully saturated rings. The molecular weight excluding hydrogens is 203 g/mol. The summed E-state index contributed by atoms with van der Waals surface area (Å²) in [6.07, 6.45) is 1.60. The van der Waals surface area contributed by atoms with Gasteiger partial charge in [-0.2, -0.15) is 0 Å². The summed E-state index contributed by atoms with van der Waals surface area (Å²) in [5.74, 6) is 0. The van der Waals surface area contributed by atoms with Crippen LogP contribution in [0.15, 0.2) is 16.9 Å². The van der Waals surface area contributed by atoms with Crippen LogP contribution in [0.2, 0.25) is 0 Å². The van der Waals surface area contributed by atoms with Crippen LogP contribution in [0.3, 0.4) is 0 Å². The number of nitrogens with zero attached hydrogens (tertiary/aromatic N) is 1. The van der Waals surface area contributed by atoms with Crippen LogP contribution < -0.4 is 5.73 Å². The largest absolute Gasteiger partial charge is 0.401 e. The molecule has 0 unspecified atom stereocenters. The van der Waals surface area contributed by atoms with Crippen LogP contribution in [-0.2, 0) is 0 Å². The van der Waals surface area contributed by atoms with Crippen LogP contribution in [-0.4, -0.2) is 4.22 Å². The maximum atomic E-state index is 5.22. The van der Waals surface area contributed by atoms with Crippen LogP contribution in [0.25, 0.3) is 0 Å². The quantitative estimate of drug-likeness (QED) is 0.513. The van der Waals surface area contributed by atoms with E-state index in [-0.39, 0.29) is 0 Å². The Morgan fingerprint density at radius 1 is 1.86 bits per heavy atom. The number of halogens is 1. The molecule has 0 aliphatic carbocycles. The van der Waals surface area contributed by atoms with E-state index in [0.717, 1.165) is 5.70 Å². The molecule has 0 spiro atoms. The fourth-order valence-corrected chi connectivity index (χ4v) is 0.307. The van der Waals surface area contributed by atoms with Crippen molar-refractivity contribution in [3.8, 4) is 0 Å². The van der Waals surface area contributed by atoms with Gasteiger partial charge in [0.1, 0.15) is 0 Å². The van der Waals surface area contributed by atoms with E-state index in [1.807, 2.05) is 22.6 Å². The van der Waals surface area contributed by atoms with Crippen molar-refractivity contribution in [1.82, 2.24) is 0 Å². The van der Waals surface area contributed by atoms with Crippen LogP contribution in [0.4, 0.5) is 0 Å². The van der Waals surface area contributed by atoms with Crippen molar-refractivity contribution in [2.24, 2.45) is 10.7 Å². The van der Waals surface area contributed by atoms with Gasteiger partial charge in [-0.15, -0.1) is 0 Å². The van der Waals surface area contributed by atoms with Crippen molar-refractivity contribution in [3.05, 3.63) is 11.9 Å². The number of aliphatic imine (C=N–C) groups is 1. The first kappa shape index (κ1) is 6.94. The van der Waals surface area contributed by atoms with E-state index in [4.69, 9.17) is 5.73 Å². The van der Waals surface area contributed by atoms with Crippen LogP contribution in [0.5, 0.6) is 0 Å². The molecule has 2 N–H and O–H groups in total. The van der Waals surface area contributed by atoms with Crippen LogP contribution in [0.1, 0.15) is 6.92 Å². The Labute approximate surface area is 56.6 Å². The molecule has 0 amide bonds. The van der Waals surface area contributed by atoms with Gasteiger partial charge in [-0.25, -0.2) is 0 Å². The highest BCUT2D eigenvalue weighted by molar-refractivity contribution is 14.1. The van der Waals surface area contributed by atoms with Crippen molar-refractivity contribution in [1.29, 1.82) is 0 Å². The molecule has 0 heterocycles. The molecule has 0 aliphatic rings. The lowest BCUT2D eigenvalue weighted by molar-refractivity contribution is 1.28. The van der Waals surface area contributed by atoms with Gasteiger partial charge >= 0.3 is 0 Å². The zero-order valence-corrected chi connectivity index (χ0v) is 6.21. The van der Waals surface area contributed by atoms with Gasteiger partial charge in [0.25, 0.3) is 0 Å². The summed E-state index contributed by atoms with van der Waals surface area (Å²) in [6, 6.07) is 0. The first-order valence-corrected chi connectivity index (χ1v) is 3.06. The topological polar surface area (TPSA) is 38.4 Å². The number of nitrogens with two attached hydrogens (primary N) is 1. The molecule has 2 nitrogen and oxygen atoms in total. The van der Waals surface area contributed by atoms with Gasteiger partial charge in [0.05, 0.1) is 4.22 Å². The molecule has 0 aliphatic heterocycles. The van der Waals surface area contributed by atoms with E-state index in [0.29, 0.717) is 0 Å². The molecule has 0 aromatic rings. The molecule has 0 aromatic heterocycles. The van der Waals surface area contributed by atoms with E-state index in [2.05, 4.69) is 4.99 Å². The average Bonchev–Trinajstić information content (AvgIpc) is 1.61. The lowest BCUT2D eigenvalue weighted by atomic mass is 10.6. The number of allylic oxidation sites excluding steroid dienone is 1. The standard InChI is InChI=1S/C4H7IN2/c1-4(6)2-7-3-5/h2-3H,6H2,1H3/b4-2-,7-3?. The van der Waals surface area contributed by atoms with Crippen molar-refractivity contribution in [2.75, 3.05) is 0 Å². The second-order valence-electron chi connectivity index (χ2n) is 1.12. The lowest BCUT2D eigenvalue weighted by Crippen LogP contribution is -1.87. The van der Waals surface area contributed by atoms with Gasteiger partial charge in [-0.3, -0.25) is 4.99 Å². The normalized spacial score (nSPS) is 13.1. The first-order valence-electron chi connectivity index (χ1n) is 1.81. The third-order valence-corrected chi connectivity index (χ3v) is 0.656. The van der Waals surface area contributed by atoms with Crippen molar-refractivity contribution in [2.45, 2.75) is 6.92 Å². The maximum absolute atomic E-state index is 5.22. The number of rotatable bonds is 1. The Balaban J connectivity index is 3.46. The van der Waals surface area contributed by atoms with Crippen LogP contribution >= 0.6 is 22.6 Å². The molecule has 3 heteroatoms. The first-order chi connectivity index (χ1) is 3.27. The van der Waals surface area contributed by atoms with Crippen molar-refractivity contribution >= 4 is 26.8 Å². The molecule has 40 valence electrons. The molecule has 7 heavy (non-hydrogen) atoms. The summed E-state index contributed by atoms with van der Waals surface area (Å²) in [6.45, 7) is 1.80. The molecular formula is C4H7IN2. The molecule has 0 saturated heterocycles. The van der Waals surface area contributed by atoms with Crippen LogP contribution in [0, 0.1) is 0 Å². The van der Waals surface area contributed by atoms with E-state index in [1.165, 1.54) is 0 Å². The fourth-order valence-electron chi connectivity index (χ4n) is 0.146. The molecule has 0 bridgehead atoms. The van der Waals surface area contributed by atoms with Crippen molar-refractivity contribution < 1.29 is 0 Å². The SMILES string of the molecule is C/C(N)=C/N=CI. The van der Waals surface area contributed by atoms with E-state index in [1.54, 1.807) is 17.3 Å². The van der Waals surface area contributed by atoms with Gasteiger partial charge in [0.15, 0.2) is 0 Å². The highest BCUT2D eigenvalue weighted by atomic mass is 127. The lowest BCUT2D eigenvalue weighted by Gasteiger charge is -1.79. The highest BCUT2D eigenvalue weighted by Crippen LogP contribution is 1.80. The predicted molar refractivity (Wildman–Crippen MR) is 40.5 cm³/mol. The Hall–Kier alpha value is -0.0600. The van der Waals surface area contributed by atoms with Crippen molar-refractivity contribution in [3.63, 3.8) is 0 Å². The van der Waals surface area contributed by atoms with E-state index in [9.17, 15) is 0 Å². The van der Waals surface area contributed by atoms with Gasteiger partial charge in [0, 0.05) is 11.9 Å². The van der Waals surface area contributed by atoms with E-state index < -0.39 is 0 Å². The summed E-state index contributed by atoms with van der Waals surface area (Å²) in [5.41, 5.74) is 5.95. The second-order valence-corrected chi connectivity index (χ2v) is 1.68. The third-order valence-electron chi connectivity index (χ3n) is 0.335. The number of hydrogen-bond acceptors (Lipinski definition) is 2. The molecule has 0 atom stereocenters. The maximum Gasteiger partial charge on any atom is 0.0651 e. The Kier molecular flexibility index (Phi) is 4.07. The van der Waals surface area contributed by atoms with Gasteiger partial charge in [-0.1, -0.05) is 0 Å². The average molecular weight is 210 g/mol. The van der Waals surface area contributed by atoms with Gasteiger partial charge in [-0.05, 0) is 29.5 Å². The third kappa shape index (κ3) is 5.94. The summed E-state index contributed by atoms with van der Waals surface area (Å²) < 4.78 is 1.66. The highest BCUT2D eigenvalue weighted by Gasteiger charge is 1.66. The van der Waals surface area contributed by atoms with Gasteiger partial charge < -0.3 is 5.73 Å². The summed E-state index contributed by atoms with van der Waals surface area (Å²) in [4.78, 5) is 3.75. The number of hydrogen-bond donors (Lipinski definition) is 1. The minimum absolute atomic E-state index is 0.730. The molecule has 0 saturated carbocycles. The Morgan fingerprint density at radius 3 is 2.57 bits per heavy atom. The zero-order valence-electron chi connectivity index (χ0n) is 4.06. The summed E-state index contributed by atoms with van der Waals surface area (Å²) in [7, 11) is 0. The zero-order chi connectivity index (χ0) is 5.70. The Bertz CT molecular complexity index is 91.9. The predicted octanol–water partition coefficient (Wildman–Crippen LogP) is 1.27. The fraction of sp³-hybridized carbons (Fsp3) is 0.250. The smallest absolute Gasteiger partial charge is 0.0651 e. The van der Waals surface area contributed by atoms with Gasteiger partial charge in [0.2, 0.25) is 0 Å². The Morgan fingerprint density at radius 2 is 2.43 bits per heavy atom. The van der Waals surface area contributed by atoms with E-state index >= 15 is 0 Å². The minimum Gasteiger partial charge on any atom is -0.401 e. The monoisotopic (exact) mass is 210 g/mol. The second kappa shape index (κ2) is 4.11. The summed E-state index contributed by atoms with van der Waals surface area (Å²) >= 11 is 2.03. The molecule has 0 rings (SSSR count).